The number of ether oxygens (including phenoxy) is 1. The monoisotopic (exact) mass is 386 g/mol. The number of benzene rings is 2. The molecule has 1 unspecified atom stereocenters. The summed E-state index contributed by atoms with van der Waals surface area (Å²) >= 11 is 0. The second-order valence-corrected chi connectivity index (χ2v) is 5.87. The zero-order valence-electron chi connectivity index (χ0n) is 14.7. The third-order valence-corrected chi connectivity index (χ3v) is 3.84. The van der Waals surface area contributed by atoms with Gasteiger partial charge in [0.25, 0.3) is 5.69 Å². The smallest absolute Gasteiger partial charge is 0.408 e. The van der Waals surface area contributed by atoms with E-state index in [1.54, 1.807) is 30.3 Å². The van der Waals surface area contributed by atoms with E-state index in [1.165, 1.54) is 24.3 Å². The van der Waals surface area contributed by atoms with E-state index in [1.807, 2.05) is 0 Å². The van der Waals surface area contributed by atoms with E-state index in [9.17, 15) is 29.6 Å². The maximum Gasteiger partial charge on any atom is 0.408 e. The summed E-state index contributed by atoms with van der Waals surface area (Å²) < 4.78 is 4.91. The van der Waals surface area contributed by atoms with E-state index in [2.05, 4.69) is 5.32 Å². The minimum atomic E-state index is -1.30. The molecule has 2 N–H and O–H groups in total. The Balaban J connectivity index is 1.86. The topological polar surface area (TPSA) is 136 Å². The van der Waals surface area contributed by atoms with E-state index in [4.69, 9.17) is 4.74 Å². The van der Waals surface area contributed by atoms with Crippen LogP contribution in [0.2, 0.25) is 0 Å². The molecule has 2 aromatic carbocycles. The van der Waals surface area contributed by atoms with Crippen molar-refractivity contribution in [2.75, 3.05) is 0 Å². The van der Waals surface area contributed by atoms with Gasteiger partial charge in [0.1, 0.15) is 12.6 Å². The summed E-state index contributed by atoms with van der Waals surface area (Å²) in [5.74, 6) is -1.54. The first-order chi connectivity index (χ1) is 13.4. The Labute approximate surface area is 160 Å². The molecule has 0 saturated heterocycles. The highest BCUT2D eigenvalue weighted by Gasteiger charge is 2.22. The van der Waals surface area contributed by atoms with Crippen molar-refractivity contribution in [3.05, 3.63) is 75.8 Å². The second-order valence-electron chi connectivity index (χ2n) is 5.87. The van der Waals surface area contributed by atoms with E-state index in [-0.39, 0.29) is 30.9 Å². The Morgan fingerprint density at radius 3 is 2.46 bits per heavy atom. The highest BCUT2D eigenvalue weighted by atomic mass is 16.6. The number of amides is 1. The number of aliphatic carboxylic acids is 1. The van der Waals surface area contributed by atoms with Crippen molar-refractivity contribution in [3.8, 4) is 0 Å². The number of nitrogens with zero attached hydrogens (tertiary/aromatic N) is 1. The average molecular weight is 386 g/mol. The standard InChI is InChI=1S/C19H18N2O7/c22-17(14-6-2-1-3-7-14)10-9-16(18(23)24)20-19(25)28-12-13-5-4-8-15(11-13)21(26)27/h1-8,11,16H,9-10,12H2,(H,20,25)(H,23,24). The molecule has 0 aromatic heterocycles. The molecule has 0 saturated carbocycles. The highest BCUT2D eigenvalue weighted by Crippen LogP contribution is 2.14. The minimum absolute atomic E-state index is 0.0634. The first-order valence-electron chi connectivity index (χ1n) is 8.34. The van der Waals surface area contributed by atoms with Crippen LogP contribution >= 0.6 is 0 Å². The van der Waals surface area contributed by atoms with Crippen molar-refractivity contribution < 1.29 is 29.2 Å². The number of nitro benzene ring substituents is 1. The van der Waals surface area contributed by atoms with Crippen LogP contribution in [-0.2, 0) is 16.1 Å². The number of Topliss-reactive ketones (excluding diaryl/α,β-unsaturated/α-hetero) is 1. The van der Waals surface area contributed by atoms with Crippen molar-refractivity contribution in [1.29, 1.82) is 0 Å². The lowest BCUT2D eigenvalue weighted by Crippen LogP contribution is -2.41. The average Bonchev–Trinajstić information content (AvgIpc) is 2.70. The molecular weight excluding hydrogens is 368 g/mol. The van der Waals surface area contributed by atoms with Gasteiger partial charge in [-0.3, -0.25) is 14.9 Å². The molecule has 0 aliphatic carbocycles. The molecule has 0 heterocycles. The van der Waals surface area contributed by atoms with Crippen molar-refractivity contribution in [3.63, 3.8) is 0 Å². The van der Waals surface area contributed by atoms with Crippen LogP contribution in [0.1, 0.15) is 28.8 Å². The fourth-order valence-corrected chi connectivity index (χ4v) is 2.39. The normalized spacial score (nSPS) is 11.3. The lowest BCUT2D eigenvalue weighted by molar-refractivity contribution is -0.384. The van der Waals surface area contributed by atoms with Crippen LogP contribution in [0.25, 0.3) is 0 Å². The molecule has 1 amide bonds. The Kier molecular flexibility index (Phi) is 7.21. The first-order valence-corrected chi connectivity index (χ1v) is 8.34. The van der Waals surface area contributed by atoms with Crippen LogP contribution < -0.4 is 5.32 Å². The van der Waals surface area contributed by atoms with Gasteiger partial charge < -0.3 is 15.2 Å². The molecule has 2 aromatic rings. The summed E-state index contributed by atoms with van der Waals surface area (Å²) in [6, 6.07) is 12.6. The van der Waals surface area contributed by atoms with Gasteiger partial charge in [-0.2, -0.15) is 0 Å². The number of alkyl carbamates (subject to hydrolysis) is 1. The van der Waals surface area contributed by atoms with Gasteiger partial charge in [-0.15, -0.1) is 0 Å². The van der Waals surface area contributed by atoms with E-state index >= 15 is 0 Å². The Morgan fingerprint density at radius 1 is 1.11 bits per heavy atom. The van der Waals surface area contributed by atoms with Crippen LogP contribution in [-0.4, -0.2) is 33.9 Å². The lowest BCUT2D eigenvalue weighted by atomic mass is 10.0. The van der Waals surface area contributed by atoms with Crippen molar-refractivity contribution in [1.82, 2.24) is 5.32 Å². The van der Waals surface area contributed by atoms with E-state index in [0.717, 1.165) is 0 Å². The number of carbonyl (C=O) groups excluding carboxylic acids is 2. The van der Waals surface area contributed by atoms with Crippen molar-refractivity contribution >= 4 is 23.5 Å². The molecule has 28 heavy (non-hydrogen) atoms. The highest BCUT2D eigenvalue weighted by molar-refractivity contribution is 5.96. The van der Waals surface area contributed by atoms with Crippen LogP contribution in [0.5, 0.6) is 0 Å². The number of nitrogens with one attached hydrogen (secondary N) is 1. The molecule has 9 heteroatoms. The maximum atomic E-state index is 12.1. The molecule has 2 rings (SSSR count). The van der Waals surface area contributed by atoms with Gasteiger partial charge >= 0.3 is 12.1 Å². The van der Waals surface area contributed by atoms with Crippen LogP contribution in [0.3, 0.4) is 0 Å². The zero-order valence-corrected chi connectivity index (χ0v) is 14.7. The summed E-state index contributed by atoms with van der Waals surface area (Å²) in [4.78, 5) is 45.4. The molecular formula is C19H18N2O7. The Bertz CT molecular complexity index is 868. The summed E-state index contributed by atoms with van der Waals surface area (Å²) in [6.45, 7) is -0.261. The Morgan fingerprint density at radius 2 is 1.82 bits per heavy atom. The first kappa shape index (κ1) is 20.6. The summed E-state index contributed by atoms with van der Waals surface area (Å²) in [5.41, 5.74) is 0.694. The fraction of sp³-hybridized carbons (Fsp3) is 0.211. The molecule has 0 radical (unpaired) electrons. The number of ketones is 1. The van der Waals surface area contributed by atoms with Gasteiger partial charge in [0, 0.05) is 24.1 Å². The lowest BCUT2D eigenvalue weighted by Gasteiger charge is -2.14. The molecule has 0 spiro atoms. The number of hydrogen-bond donors (Lipinski definition) is 2. The Hall–Kier alpha value is -3.75. The largest absolute Gasteiger partial charge is 0.480 e. The van der Waals surface area contributed by atoms with Crippen molar-refractivity contribution in [2.24, 2.45) is 0 Å². The number of rotatable bonds is 9. The van der Waals surface area contributed by atoms with Gasteiger partial charge in [-0.25, -0.2) is 9.59 Å². The van der Waals surface area contributed by atoms with Gasteiger partial charge in [0.2, 0.25) is 0 Å². The van der Waals surface area contributed by atoms with Gasteiger partial charge in [0.05, 0.1) is 4.92 Å². The molecule has 0 aliphatic rings. The van der Waals surface area contributed by atoms with Gasteiger partial charge in [0.15, 0.2) is 5.78 Å². The summed E-state index contributed by atoms with van der Waals surface area (Å²) in [5, 5.41) is 22.1. The zero-order chi connectivity index (χ0) is 20.5. The van der Waals surface area contributed by atoms with Crippen LogP contribution in [0.15, 0.2) is 54.6 Å². The van der Waals surface area contributed by atoms with Crippen LogP contribution in [0.4, 0.5) is 10.5 Å². The third-order valence-electron chi connectivity index (χ3n) is 3.84. The molecule has 0 bridgehead atoms. The van der Waals surface area contributed by atoms with Gasteiger partial charge in [-0.1, -0.05) is 42.5 Å². The number of carbonyl (C=O) groups is 3. The summed E-state index contributed by atoms with van der Waals surface area (Å²) in [6.07, 6.45) is -1.16. The molecule has 1 atom stereocenters. The van der Waals surface area contributed by atoms with E-state index < -0.39 is 23.0 Å². The summed E-state index contributed by atoms with van der Waals surface area (Å²) in [7, 11) is 0. The molecule has 9 nitrogen and oxygen atoms in total. The molecule has 0 aliphatic heterocycles. The molecule has 0 fully saturated rings. The third kappa shape index (κ3) is 6.20. The number of nitro groups is 1. The molecule has 146 valence electrons. The number of non-ortho nitro benzene ring substituents is 1. The number of carboxylic acids is 1. The number of carboxylic acid groups (broad SMARTS) is 1. The fourth-order valence-electron chi connectivity index (χ4n) is 2.39. The van der Waals surface area contributed by atoms with Gasteiger partial charge in [-0.05, 0) is 12.0 Å². The SMILES string of the molecule is O=C(NC(CCC(=O)c1ccccc1)C(=O)O)OCc1cccc([N+](=O)[O-])c1. The number of hydrogen-bond acceptors (Lipinski definition) is 6. The maximum absolute atomic E-state index is 12.1. The second kappa shape index (κ2) is 9.81. The minimum Gasteiger partial charge on any atom is -0.480 e. The van der Waals surface area contributed by atoms with Crippen molar-refractivity contribution in [2.45, 2.75) is 25.5 Å². The predicted octanol–water partition coefficient (Wildman–Crippen LogP) is 2.94. The van der Waals surface area contributed by atoms with E-state index in [0.29, 0.717) is 11.1 Å². The quantitative estimate of drug-likeness (QED) is 0.384. The predicted molar refractivity (Wildman–Crippen MR) is 97.8 cm³/mol. The van der Waals surface area contributed by atoms with Crippen LogP contribution in [0, 0.1) is 10.1 Å².